The van der Waals surface area contributed by atoms with Gasteiger partial charge in [-0.2, -0.15) is 0 Å². The molecule has 3 aromatic carbocycles. The van der Waals surface area contributed by atoms with Crippen LogP contribution in [0.15, 0.2) is 85.2 Å². The second-order valence-corrected chi connectivity index (χ2v) is 9.06. The number of methoxy groups -OCH3 is 2. The molecule has 196 valence electrons. The first-order chi connectivity index (χ1) is 18.9. The number of imidazole rings is 1. The smallest absolute Gasteiger partial charge is 0.238 e. The summed E-state index contributed by atoms with van der Waals surface area (Å²) in [5.41, 5.74) is 12.8. The molecule has 8 nitrogen and oxygen atoms in total. The van der Waals surface area contributed by atoms with Crippen molar-refractivity contribution < 1.29 is 19.1 Å². The van der Waals surface area contributed by atoms with Crippen LogP contribution in [-0.2, 0) is 4.79 Å². The Balaban J connectivity index is 1.65. The van der Waals surface area contributed by atoms with E-state index in [0.29, 0.717) is 22.7 Å². The Morgan fingerprint density at radius 3 is 2.05 bits per heavy atom. The van der Waals surface area contributed by atoms with Crippen molar-refractivity contribution in [3.05, 3.63) is 90.8 Å². The van der Waals surface area contributed by atoms with Crippen LogP contribution in [0.3, 0.4) is 0 Å². The van der Waals surface area contributed by atoms with E-state index in [-0.39, 0.29) is 18.2 Å². The molecule has 0 unspecified atom stereocenters. The van der Waals surface area contributed by atoms with Crippen molar-refractivity contribution in [1.29, 1.82) is 0 Å². The van der Waals surface area contributed by atoms with Crippen LogP contribution in [0.2, 0.25) is 0 Å². The summed E-state index contributed by atoms with van der Waals surface area (Å²) in [5.74, 6) is 1.13. The van der Waals surface area contributed by atoms with Crippen LogP contribution in [0, 0.1) is 0 Å². The van der Waals surface area contributed by atoms with Crippen LogP contribution < -0.4 is 20.5 Å². The lowest BCUT2D eigenvalue weighted by Crippen LogP contribution is -2.21. The molecule has 0 atom stereocenters. The van der Waals surface area contributed by atoms with Crippen molar-refractivity contribution in [2.24, 2.45) is 5.73 Å². The lowest BCUT2D eigenvalue weighted by Gasteiger charge is -2.12. The van der Waals surface area contributed by atoms with Gasteiger partial charge in [-0.05, 0) is 53.9 Å². The van der Waals surface area contributed by atoms with Crippen LogP contribution >= 0.6 is 0 Å². The van der Waals surface area contributed by atoms with E-state index in [2.05, 4.69) is 11.4 Å². The zero-order chi connectivity index (χ0) is 27.5. The molecule has 0 aliphatic carbocycles. The largest absolute Gasteiger partial charge is 0.497 e. The number of hydrogen-bond donors (Lipinski definition) is 2. The number of rotatable bonds is 8. The molecule has 2 aromatic heterocycles. The van der Waals surface area contributed by atoms with Gasteiger partial charge in [0, 0.05) is 40.8 Å². The third kappa shape index (κ3) is 5.37. The van der Waals surface area contributed by atoms with E-state index in [4.69, 9.17) is 20.2 Å². The van der Waals surface area contributed by atoms with Gasteiger partial charge in [-0.15, -0.1) is 0 Å². The zero-order valence-corrected chi connectivity index (χ0v) is 21.9. The van der Waals surface area contributed by atoms with Gasteiger partial charge in [0.1, 0.15) is 17.1 Å². The monoisotopic (exact) mass is 520 g/mol. The van der Waals surface area contributed by atoms with Crippen molar-refractivity contribution in [2.45, 2.75) is 6.92 Å². The third-order valence-corrected chi connectivity index (χ3v) is 6.49. The van der Waals surface area contributed by atoms with Gasteiger partial charge in [0.15, 0.2) is 5.78 Å². The van der Waals surface area contributed by atoms with Crippen molar-refractivity contribution in [3.63, 3.8) is 0 Å². The van der Waals surface area contributed by atoms with E-state index in [1.54, 1.807) is 21.1 Å². The molecule has 0 aliphatic rings. The number of ether oxygens (including phenoxy) is 2. The van der Waals surface area contributed by atoms with Gasteiger partial charge in [-0.1, -0.05) is 36.4 Å². The Hall–Kier alpha value is -4.95. The Morgan fingerprint density at radius 2 is 1.46 bits per heavy atom. The van der Waals surface area contributed by atoms with E-state index < -0.39 is 0 Å². The maximum atomic E-state index is 11.9. The molecule has 5 rings (SSSR count). The molecule has 0 bridgehead atoms. The first-order valence-electron chi connectivity index (χ1n) is 12.4. The van der Waals surface area contributed by atoms with Crippen LogP contribution in [-0.4, -0.2) is 41.8 Å². The highest BCUT2D eigenvalue weighted by Crippen LogP contribution is 2.35. The molecular formula is C31H28N4O4. The normalized spacial score (nSPS) is 10.9. The highest BCUT2D eigenvalue weighted by molar-refractivity contribution is 5.95. The summed E-state index contributed by atoms with van der Waals surface area (Å²) >= 11 is 0. The fraction of sp³-hybridized carbons (Fsp3) is 0.129. The molecular weight excluding hydrogens is 492 g/mol. The SMILES string of the molecule is COc1cc(OC)cc(-c2cc(-c3ccc(C(C)=O)cc3)c3nc(-c4ccc(NC(=O)CN)cc4)cn3c2)c1. The predicted octanol–water partition coefficient (Wildman–Crippen LogP) is 5.45. The first kappa shape index (κ1) is 25.7. The number of aromatic nitrogens is 2. The average molecular weight is 521 g/mol. The maximum Gasteiger partial charge on any atom is 0.238 e. The van der Waals surface area contributed by atoms with Gasteiger partial charge in [-0.3, -0.25) is 9.59 Å². The number of Topliss-reactive ketones (excluding diaryl/α,β-unsaturated/α-hetero) is 1. The summed E-state index contributed by atoms with van der Waals surface area (Å²) in [5, 5.41) is 2.75. The first-order valence-corrected chi connectivity index (χ1v) is 12.4. The molecule has 39 heavy (non-hydrogen) atoms. The van der Waals surface area contributed by atoms with E-state index in [1.165, 1.54) is 0 Å². The van der Waals surface area contributed by atoms with Gasteiger partial charge >= 0.3 is 0 Å². The molecule has 3 N–H and O–H groups in total. The van der Waals surface area contributed by atoms with Crippen LogP contribution in [0.25, 0.3) is 39.2 Å². The topological polar surface area (TPSA) is 108 Å². The fourth-order valence-corrected chi connectivity index (χ4v) is 4.40. The molecule has 0 radical (unpaired) electrons. The molecule has 2 heterocycles. The Bertz CT molecular complexity index is 1650. The molecule has 0 spiro atoms. The maximum absolute atomic E-state index is 11.9. The Kier molecular flexibility index (Phi) is 7.12. The Labute approximate surface area is 226 Å². The number of carbonyl (C=O) groups excluding carboxylic acids is 2. The second kappa shape index (κ2) is 10.8. The van der Waals surface area contributed by atoms with Crippen molar-refractivity contribution >= 4 is 23.0 Å². The number of carbonyl (C=O) groups is 2. The van der Waals surface area contributed by atoms with Crippen molar-refractivity contribution in [3.8, 4) is 45.0 Å². The van der Waals surface area contributed by atoms with Crippen LogP contribution in [0.1, 0.15) is 17.3 Å². The number of fused-ring (bicyclic) bond motifs is 1. The number of nitrogens with zero attached hydrogens (tertiary/aromatic N) is 2. The van der Waals surface area contributed by atoms with E-state index in [0.717, 1.165) is 39.2 Å². The lowest BCUT2D eigenvalue weighted by molar-refractivity contribution is -0.114. The molecule has 0 saturated carbocycles. The highest BCUT2D eigenvalue weighted by Gasteiger charge is 2.15. The summed E-state index contributed by atoms with van der Waals surface area (Å²) in [4.78, 5) is 28.4. The number of nitrogens with one attached hydrogen (secondary N) is 1. The quantitative estimate of drug-likeness (QED) is 0.263. The standard InChI is InChI=1S/C31H28N4O4/c1-19(36)20-4-6-21(7-5-20)28-14-24(23-12-26(38-2)15-27(13-23)39-3)17-35-18-29(34-31(28)35)22-8-10-25(11-9-22)33-30(37)16-32/h4-15,17-18H,16,32H2,1-3H3,(H,33,37). The van der Waals surface area contributed by atoms with Crippen LogP contribution in [0.5, 0.6) is 11.5 Å². The molecule has 1 amide bonds. The minimum absolute atomic E-state index is 0.0121. The molecule has 0 fully saturated rings. The molecule has 8 heteroatoms. The van der Waals surface area contributed by atoms with Gasteiger partial charge in [-0.25, -0.2) is 4.98 Å². The minimum Gasteiger partial charge on any atom is -0.497 e. The number of hydrogen-bond acceptors (Lipinski definition) is 6. The summed E-state index contributed by atoms with van der Waals surface area (Å²) in [6.45, 7) is 1.48. The van der Waals surface area contributed by atoms with E-state index in [9.17, 15) is 9.59 Å². The average Bonchev–Trinajstić information content (AvgIpc) is 3.41. The van der Waals surface area contributed by atoms with E-state index >= 15 is 0 Å². The zero-order valence-electron chi connectivity index (χ0n) is 21.9. The third-order valence-electron chi connectivity index (χ3n) is 6.49. The van der Waals surface area contributed by atoms with Gasteiger partial charge in [0.05, 0.1) is 26.5 Å². The summed E-state index contributed by atoms with van der Waals surface area (Å²) in [6.07, 6.45) is 3.99. The van der Waals surface area contributed by atoms with Crippen LogP contribution in [0.4, 0.5) is 5.69 Å². The van der Waals surface area contributed by atoms with Crippen molar-refractivity contribution in [2.75, 3.05) is 26.1 Å². The number of anilines is 1. The summed E-state index contributed by atoms with van der Waals surface area (Å²) in [6, 6.07) is 22.8. The molecule has 0 aliphatic heterocycles. The van der Waals surface area contributed by atoms with E-state index in [1.807, 2.05) is 83.5 Å². The molecule has 5 aromatic rings. The number of nitrogens with two attached hydrogens (primary N) is 1. The summed E-state index contributed by atoms with van der Waals surface area (Å²) in [7, 11) is 3.25. The summed E-state index contributed by atoms with van der Waals surface area (Å²) < 4.78 is 13.0. The fourth-order valence-electron chi connectivity index (χ4n) is 4.40. The Morgan fingerprint density at radius 1 is 0.821 bits per heavy atom. The second-order valence-electron chi connectivity index (χ2n) is 9.06. The minimum atomic E-state index is -0.252. The van der Waals surface area contributed by atoms with Gasteiger partial charge < -0.3 is 24.9 Å². The van der Waals surface area contributed by atoms with Gasteiger partial charge in [0.2, 0.25) is 5.91 Å². The number of amides is 1. The lowest BCUT2D eigenvalue weighted by atomic mass is 9.99. The number of pyridine rings is 1. The van der Waals surface area contributed by atoms with Crippen molar-refractivity contribution in [1.82, 2.24) is 9.38 Å². The molecule has 0 saturated heterocycles. The number of ketones is 1. The highest BCUT2D eigenvalue weighted by atomic mass is 16.5. The van der Waals surface area contributed by atoms with Gasteiger partial charge in [0.25, 0.3) is 0 Å². The number of benzene rings is 3. The predicted molar refractivity (Wildman–Crippen MR) is 152 cm³/mol.